The van der Waals surface area contributed by atoms with Crippen LogP contribution in [0.5, 0.6) is 0 Å². The van der Waals surface area contributed by atoms with E-state index < -0.39 is 0 Å². The van der Waals surface area contributed by atoms with Gasteiger partial charge >= 0.3 is 6.09 Å². The third-order valence-corrected chi connectivity index (χ3v) is 3.20. The number of nitrogens with zero attached hydrogens (tertiary/aromatic N) is 3. The number of rotatable bonds is 3. The molecule has 0 atom stereocenters. The van der Waals surface area contributed by atoms with Gasteiger partial charge < -0.3 is 19.9 Å². The van der Waals surface area contributed by atoms with E-state index in [1.165, 1.54) is 6.92 Å². The molecule has 114 valence electrons. The molecule has 1 aromatic rings. The fraction of sp³-hybridized carbons (Fsp3) is 0.500. The average molecular weight is 292 g/mol. The van der Waals surface area contributed by atoms with E-state index in [1.54, 1.807) is 18.0 Å². The van der Waals surface area contributed by atoms with E-state index >= 15 is 0 Å². The van der Waals surface area contributed by atoms with E-state index in [1.807, 2.05) is 12.1 Å². The summed E-state index contributed by atoms with van der Waals surface area (Å²) < 4.78 is 4.99. The number of hydrogen-bond acceptors (Lipinski definition) is 5. The Labute approximate surface area is 123 Å². The number of pyridine rings is 1. The summed E-state index contributed by atoms with van der Waals surface area (Å²) in [6.45, 7) is 6.32. The molecule has 0 aromatic carbocycles. The van der Waals surface area contributed by atoms with Crippen LogP contribution < -0.4 is 10.2 Å². The number of hydrogen-bond donors (Lipinski definition) is 1. The van der Waals surface area contributed by atoms with Crippen LogP contribution in [0.15, 0.2) is 18.3 Å². The Kier molecular flexibility index (Phi) is 4.97. The molecule has 2 heterocycles. The number of carbonyl (C=O) groups is 2. The maximum Gasteiger partial charge on any atom is 0.409 e. The Bertz CT molecular complexity index is 495. The SMILES string of the molecule is CCOC(=O)N1CCN(c2ccc(NC(C)=O)cn2)CC1. The van der Waals surface area contributed by atoms with Gasteiger partial charge in [-0.2, -0.15) is 0 Å². The molecule has 1 aliphatic rings. The molecule has 1 saturated heterocycles. The zero-order valence-corrected chi connectivity index (χ0v) is 12.3. The second-order valence-corrected chi connectivity index (χ2v) is 4.76. The van der Waals surface area contributed by atoms with Crippen LogP contribution in [0, 0.1) is 0 Å². The molecule has 21 heavy (non-hydrogen) atoms. The predicted octanol–water partition coefficient (Wildman–Crippen LogP) is 1.32. The molecular formula is C14H20N4O3. The van der Waals surface area contributed by atoms with Crippen molar-refractivity contribution < 1.29 is 14.3 Å². The van der Waals surface area contributed by atoms with Crippen molar-refractivity contribution in [3.63, 3.8) is 0 Å². The summed E-state index contributed by atoms with van der Waals surface area (Å²) in [5, 5.41) is 2.68. The summed E-state index contributed by atoms with van der Waals surface area (Å²) >= 11 is 0. The Morgan fingerprint density at radius 3 is 2.52 bits per heavy atom. The van der Waals surface area contributed by atoms with Crippen molar-refractivity contribution in [2.75, 3.05) is 43.0 Å². The summed E-state index contributed by atoms with van der Waals surface area (Å²) in [6, 6.07) is 3.69. The van der Waals surface area contributed by atoms with Crippen LogP contribution in [0.1, 0.15) is 13.8 Å². The molecule has 2 rings (SSSR count). The molecule has 1 aromatic heterocycles. The van der Waals surface area contributed by atoms with Crippen molar-refractivity contribution >= 4 is 23.5 Å². The summed E-state index contributed by atoms with van der Waals surface area (Å²) in [6.07, 6.45) is 1.38. The number of nitrogens with one attached hydrogen (secondary N) is 1. The van der Waals surface area contributed by atoms with Crippen molar-refractivity contribution in [1.29, 1.82) is 0 Å². The van der Waals surface area contributed by atoms with Crippen molar-refractivity contribution in [2.24, 2.45) is 0 Å². The van der Waals surface area contributed by atoms with Crippen molar-refractivity contribution in [2.45, 2.75) is 13.8 Å². The molecular weight excluding hydrogens is 272 g/mol. The molecule has 0 radical (unpaired) electrons. The molecule has 0 aliphatic carbocycles. The lowest BCUT2D eigenvalue weighted by atomic mass is 10.3. The number of amides is 2. The van der Waals surface area contributed by atoms with Gasteiger partial charge in [0.25, 0.3) is 0 Å². The second-order valence-electron chi connectivity index (χ2n) is 4.76. The van der Waals surface area contributed by atoms with E-state index in [0.29, 0.717) is 38.5 Å². The lowest BCUT2D eigenvalue weighted by Gasteiger charge is -2.34. The van der Waals surface area contributed by atoms with Crippen LogP contribution >= 0.6 is 0 Å². The lowest BCUT2D eigenvalue weighted by Crippen LogP contribution is -2.49. The van der Waals surface area contributed by atoms with Gasteiger partial charge in [-0.05, 0) is 19.1 Å². The zero-order valence-electron chi connectivity index (χ0n) is 12.3. The Balaban J connectivity index is 1.90. The van der Waals surface area contributed by atoms with Gasteiger partial charge in [0.05, 0.1) is 18.5 Å². The van der Waals surface area contributed by atoms with Crippen LogP contribution in [0.2, 0.25) is 0 Å². The van der Waals surface area contributed by atoms with Gasteiger partial charge in [-0.25, -0.2) is 9.78 Å². The van der Waals surface area contributed by atoms with E-state index in [0.717, 1.165) is 5.82 Å². The largest absolute Gasteiger partial charge is 0.450 e. The van der Waals surface area contributed by atoms with Gasteiger partial charge in [0.2, 0.25) is 5.91 Å². The fourth-order valence-electron chi connectivity index (χ4n) is 2.18. The minimum absolute atomic E-state index is 0.118. The normalized spacial score (nSPS) is 14.8. The van der Waals surface area contributed by atoms with Gasteiger partial charge in [-0.1, -0.05) is 0 Å². The first-order valence-corrected chi connectivity index (χ1v) is 7.00. The van der Waals surface area contributed by atoms with E-state index in [-0.39, 0.29) is 12.0 Å². The van der Waals surface area contributed by atoms with Gasteiger partial charge in [0.15, 0.2) is 0 Å². The lowest BCUT2D eigenvalue weighted by molar-refractivity contribution is -0.114. The standard InChI is InChI=1S/C14H20N4O3/c1-3-21-14(20)18-8-6-17(7-9-18)13-5-4-12(10-15-13)16-11(2)19/h4-5,10H,3,6-9H2,1-2H3,(H,16,19). The highest BCUT2D eigenvalue weighted by Crippen LogP contribution is 2.16. The first-order valence-electron chi connectivity index (χ1n) is 7.00. The molecule has 7 heteroatoms. The molecule has 0 saturated carbocycles. The van der Waals surface area contributed by atoms with Gasteiger partial charge in [0.1, 0.15) is 5.82 Å². The Morgan fingerprint density at radius 2 is 2.00 bits per heavy atom. The molecule has 0 bridgehead atoms. The molecule has 7 nitrogen and oxygen atoms in total. The highest BCUT2D eigenvalue weighted by molar-refractivity contribution is 5.88. The molecule has 0 unspecified atom stereocenters. The number of carbonyl (C=O) groups excluding carboxylic acids is 2. The molecule has 1 aliphatic heterocycles. The summed E-state index contributed by atoms with van der Waals surface area (Å²) in [5.74, 6) is 0.722. The van der Waals surface area contributed by atoms with Crippen LogP contribution in [0.4, 0.5) is 16.3 Å². The molecule has 0 spiro atoms. The number of anilines is 2. The first-order chi connectivity index (χ1) is 10.1. The Hall–Kier alpha value is -2.31. The van der Waals surface area contributed by atoms with Gasteiger partial charge in [-0.15, -0.1) is 0 Å². The first kappa shape index (κ1) is 15.1. The second kappa shape index (κ2) is 6.92. The summed E-state index contributed by atoms with van der Waals surface area (Å²) in [7, 11) is 0. The average Bonchev–Trinajstić information content (AvgIpc) is 2.48. The summed E-state index contributed by atoms with van der Waals surface area (Å²) in [4.78, 5) is 30.7. The molecule has 1 N–H and O–H groups in total. The maximum atomic E-state index is 11.6. The van der Waals surface area contributed by atoms with Gasteiger partial charge in [-0.3, -0.25) is 4.79 Å². The van der Waals surface area contributed by atoms with Crippen molar-refractivity contribution in [1.82, 2.24) is 9.88 Å². The minimum atomic E-state index is -0.258. The third-order valence-electron chi connectivity index (χ3n) is 3.20. The quantitative estimate of drug-likeness (QED) is 0.909. The third kappa shape index (κ3) is 4.08. The topological polar surface area (TPSA) is 74.8 Å². The van der Waals surface area contributed by atoms with E-state index in [9.17, 15) is 9.59 Å². The van der Waals surface area contributed by atoms with Crippen LogP contribution in [-0.2, 0) is 9.53 Å². The van der Waals surface area contributed by atoms with E-state index in [2.05, 4.69) is 15.2 Å². The van der Waals surface area contributed by atoms with Crippen molar-refractivity contribution in [3.05, 3.63) is 18.3 Å². The summed E-state index contributed by atoms with van der Waals surface area (Å²) in [5.41, 5.74) is 0.677. The van der Waals surface area contributed by atoms with Crippen LogP contribution in [0.25, 0.3) is 0 Å². The maximum absolute atomic E-state index is 11.6. The molecule has 2 amide bonds. The van der Waals surface area contributed by atoms with Crippen LogP contribution in [0.3, 0.4) is 0 Å². The number of ether oxygens (including phenoxy) is 1. The van der Waals surface area contributed by atoms with E-state index in [4.69, 9.17) is 4.74 Å². The predicted molar refractivity (Wildman–Crippen MR) is 79.3 cm³/mol. The highest BCUT2D eigenvalue weighted by atomic mass is 16.6. The monoisotopic (exact) mass is 292 g/mol. The Morgan fingerprint density at radius 1 is 1.29 bits per heavy atom. The van der Waals surface area contributed by atoms with Crippen molar-refractivity contribution in [3.8, 4) is 0 Å². The number of aromatic nitrogens is 1. The fourth-order valence-corrected chi connectivity index (χ4v) is 2.18. The van der Waals surface area contributed by atoms with Crippen LogP contribution in [-0.4, -0.2) is 54.7 Å². The smallest absolute Gasteiger partial charge is 0.409 e. The molecule has 1 fully saturated rings. The highest BCUT2D eigenvalue weighted by Gasteiger charge is 2.22. The zero-order chi connectivity index (χ0) is 15.2. The minimum Gasteiger partial charge on any atom is -0.450 e. The number of piperazine rings is 1. The van der Waals surface area contributed by atoms with Gasteiger partial charge in [0, 0.05) is 33.1 Å².